The van der Waals surface area contributed by atoms with Crippen LogP contribution in [0.1, 0.15) is 23.9 Å². The van der Waals surface area contributed by atoms with Gasteiger partial charge in [-0.1, -0.05) is 12.1 Å². The van der Waals surface area contributed by atoms with Crippen molar-refractivity contribution in [2.24, 2.45) is 4.99 Å². The molecule has 0 radical (unpaired) electrons. The molecule has 2 rings (SSSR count). The Kier molecular flexibility index (Phi) is 8.90. The SMILES string of the molecule is CCOCCCNC(=NCc1ccccn1)NCCc1cccs1. The molecule has 0 spiro atoms. The quantitative estimate of drug-likeness (QED) is 0.395. The third-order valence-electron chi connectivity index (χ3n) is 3.33. The van der Waals surface area contributed by atoms with Crippen molar-refractivity contribution in [2.45, 2.75) is 26.3 Å². The zero-order valence-electron chi connectivity index (χ0n) is 14.2. The molecule has 0 saturated carbocycles. The van der Waals surface area contributed by atoms with Gasteiger partial charge in [0.05, 0.1) is 12.2 Å². The predicted molar refractivity (Wildman–Crippen MR) is 101 cm³/mol. The number of rotatable bonds is 10. The molecule has 0 aliphatic carbocycles. The van der Waals surface area contributed by atoms with Gasteiger partial charge < -0.3 is 15.4 Å². The largest absolute Gasteiger partial charge is 0.382 e. The molecule has 6 heteroatoms. The van der Waals surface area contributed by atoms with E-state index in [9.17, 15) is 0 Å². The van der Waals surface area contributed by atoms with E-state index in [1.54, 1.807) is 17.5 Å². The van der Waals surface area contributed by atoms with E-state index in [-0.39, 0.29) is 0 Å². The van der Waals surface area contributed by atoms with Crippen LogP contribution < -0.4 is 10.6 Å². The number of hydrogen-bond donors (Lipinski definition) is 2. The molecule has 0 amide bonds. The molecule has 2 heterocycles. The molecule has 0 fully saturated rings. The van der Waals surface area contributed by atoms with Gasteiger partial charge in [0.15, 0.2) is 5.96 Å². The Balaban J connectivity index is 1.80. The summed E-state index contributed by atoms with van der Waals surface area (Å²) in [6.07, 6.45) is 3.76. The van der Waals surface area contributed by atoms with Crippen molar-refractivity contribution < 1.29 is 4.74 Å². The van der Waals surface area contributed by atoms with Crippen LogP contribution in [0.2, 0.25) is 0 Å². The molecule has 2 N–H and O–H groups in total. The molecule has 130 valence electrons. The smallest absolute Gasteiger partial charge is 0.191 e. The van der Waals surface area contributed by atoms with E-state index in [1.807, 2.05) is 25.1 Å². The van der Waals surface area contributed by atoms with Gasteiger partial charge >= 0.3 is 0 Å². The number of hydrogen-bond acceptors (Lipinski definition) is 4. The molecule has 0 aromatic carbocycles. The van der Waals surface area contributed by atoms with Crippen molar-refractivity contribution in [2.75, 3.05) is 26.3 Å². The van der Waals surface area contributed by atoms with Crippen molar-refractivity contribution in [3.63, 3.8) is 0 Å². The Labute approximate surface area is 148 Å². The highest BCUT2D eigenvalue weighted by molar-refractivity contribution is 7.09. The zero-order chi connectivity index (χ0) is 16.9. The average Bonchev–Trinajstić information content (AvgIpc) is 3.13. The summed E-state index contributed by atoms with van der Waals surface area (Å²) in [6, 6.07) is 10.1. The van der Waals surface area contributed by atoms with E-state index in [1.165, 1.54) is 4.88 Å². The Morgan fingerprint density at radius 1 is 1.21 bits per heavy atom. The highest BCUT2D eigenvalue weighted by Crippen LogP contribution is 2.08. The molecule has 24 heavy (non-hydrogen) atoms. The number of aromatic nitrogens is 1. The fourth-order valence-electron chi connectivity index (χ4n) is 2.11. The number of nitrogens with zero attached hydrogens (tertiary/aromatic N) is 2. The number of aliphatic imine (C=N–C) groups is 1. The lowest BCUT2D eigenvalue weighted by molar-refractivity contribution is 0.145. The van der Waals surface area contributed by atoms with Gasteiger partial charge in [-0.25, -0.2) is 4.99 Å². The molecular weight excluding hydrogens is 320 g/mol. The first-order valence-corrected chi connectivity index (χ1v) is 9.28. The number of pyridine rings is 1. The maximum absolute atomic E-state index is 5.37. The van der Waals surface area contributed by atoms with Crippen molar-refractivity contribution in [1.82, 2.24) is 15.6 Å². The predicted octanol–water partition coefficient (Wildman–Crippen LogP) is 2.85. The second-order valence-electron chi connectivity index (χ2n) is 5.22. The second kappa shape index (κ2) is 11.6. The van der Waals surface area contributed by atoms with E-state index in [0.717, 1.165) is 50.8 Å². The molecule has 0 saturated heterocycles. The second-order valence-corrected chi connectivity index (χ2v) is 6.25. The first-order chi connectivity index (χ1) is 11.9. The molecular formula is C18H26N4OS. The van der Waals surface area contributed by atoms with Gasteiger partial charge in [-0.3, -0.25) is 4.98 Å². The summed E-state index contributed by atoms with van der Waals surface area (Å²) in [5.41, 5.74) is 0.964. The van der Waals surface area contributed by atoms with Crippen LogP contribution in [0.4, 0.5) is 0 Å². The lowest BCUT2D eigenvalue weighted by atomic mass is 10.3. The first kappa shape index (κ1) is 18.4. The van der Waals surface area contributed by atoms with Gasteiger partial charge in [-0.05, 0) is 43.3 Å². The van der Waals surface area contributed by atoms with E-state index < -0.39 is 0 Å². The van der Waals surface area contributed by atoms with E-state index in [4.69, 9.17) is 4.74 Å². The van der Waals surface area contributed by atoms with Crippen LogP contribution in [0.5, 0.6) is 0 Å². The number of thiophene rings is 1. The molecule has 2 aromatic rings. The van der Waals surface area contributed by atoms with Crippen molar-refractivity contribution >= 4 is 17.3 Å². The fourth-order valence-corrected chi connectivity index (χ4v) is 2.82. The normalized spacial score (nSPS) is 11.5. The number of ether oxygens (including phenoxy) is 1. The third-order valence-corrected chi connectivity index (χ3v) is 4.27. The maximum Gasteiger partial charge on any atom is 0.191 e. The minimum Gasteiger partial charge on any atom is -0.382 e. The van der Waals surface area contributed by atoms with Crippen molar-refractivity contribution in [3.8, 4) is 0 Å². The minimum absolute atomic E-state index is 0.570. The van der Waals surface area contributed by atoms with Crippen LogP contribution in [0.25, 0.3) is 0 Å². The first-order valence-electron chi connectivity index (χ1n) is 8.40. The van der Waals surface area contributed by atoms with Crippen molar-refractivity contribution in [1.29, 1.82) is 0 Å². The van der Waals surface area contributed by atoms with E-state index >= 15 is 0 Å². The standard InChI is InChI=1S/C18H26N4OS/c1-2-23-13-6-11-20-18(21-12-9-17-8-5-14-24-17)22-15-16-7-3-4-10-19-16/h3-5,7-8,10,14H,2,6,9,11-13,15H2,1H3,(H2,20,21,22). The summed E-state index contributed by atoms with van der Waals surface area (Å²) in [5.74, 6) is 0.828. The molecule has 5 nitrogen and oxygen atoms in total. The Hall–Kier alpha value is -1.92. The van der Waals surface area contributed by atoms with E-state index in [0.29, 0.717) is 6.54 Å². The summed E-state index contributed by atoms with van der Waals surface area (Å²) in [6.45, 7) is 5.82. The number of guanidine groups is 1. The Morgan fingerprint density at radius 3 is 2.88 bits per heavy atom. The molecule has 2 aromatic heterocycles. The van der Waals surface area contributed by atoms with Gasteiger partial charge in [0.1, 0.15) is 0 Å². The van der Waals surface area contributed by atoms with Crippen LogP contribution in [0, 0.1) is 0 Å². The monoisotopic (exact) mass is 346 g/mol. The molecule has 0 aliphatic rings. The Bertz CT molecular complexity index is 572. The summed E-state index contributed by atoms with van der Waals surface area (Å²) >= 11 is 1.78. The van der Waals surface area contributed by atoms with Crippen molar-refractivity contribution in [3.05, 3.63) is 52.5 Å². The lowest BCUT2D eigenvalue weighted by Crippen LogP contribution is -2.39. The third kappa shape index (κ3) is 7.57. The van der Waals surface area contributed by atoms with Gasteiger partial charge in [0.25, 0.3) is 0 Å². The minimum atomic E-state index is 0.570. The highest BCUT2D eigenvalue weighted by Gasteiger charge is 2.00. The van der Waals surface area contributed by atoms with Crippen LogP contribution in [-0.2, 0) is 17.7 Å². The Morgan fingerprint density at radius 2 is 2.12 bits per heavy atom. The van der Waals surface area contributed by atoms with Gasteiger partial charge in [0.2, 0.25) is 0 Å². The summed E-state index contributed by atoms with van der Waals surface area (Å²) in [4.78, 5) is 10.3. The lowest BCUT2D eigenvalue weighted by Gasteiger charge is -2.12. The molecule has 0 bridgehead atoms. The van der Waals surface area contributed by atoms with E-state index in [2.05, 4.69) is 38.1 Å². The van der Waals surface area contributed by atoms with Crippen LogP contribution in [-0.4, -0.2) is 37.2 Å². The number of nitrogens with one attached hydrogen (secondary N) is 2. The topological polar surface area (TPSA) is 58.5 Å². The zero-order valence-corrected chi connectivity index (χ0v) is 15.0. The highest BCUT2D eigenvalue weighted by atomic mass is 32.1. The molecule has 0 unspecified atom stereocenters. The molecule has 0 atom stereocenters. The van der Waals surface area contributed by atoms with Gasteiger partial charge in [-0.15, -0.1) is 11.3 Å². The van der Waals surface area contributed by atoms with Gasteiger partial charge in [-0.2, -0.15) is 0 Å². The summed E-state index contributed by atoms with van der Waals surface area (Å²) in [5, 5.41) is 8.87. The van der Waals surface area contributed by atoms with Crippen LogP contribution in [0.15, 0.2) is 46.9 Å². The fraction of sp³-hybridized carbons (Fsp3) is 0.444. The van der Waals surface area contributed by atoms with Crippen LogP contribution >= 0.6 is 11.3 Å². The van der Waals surface area contributed by atoms with Crippen LogP contribution in [0.3, 0.4) is 0 Å². The average molecular weight is 347 g/mol. The summed E-state index contributed by atoms with van der Waals surface area (Å²) < 4.78 is 5.37. The summed E-state index contributed by atoms with van der Waals surface area (Å²) in [7, 11) is 0. The van der Waals surface area contributed by atoms with Gasteiger partial charge in [0, 0.05) is 37.4 Å². The molecule has 0 aliphatic heterocycles. The maximum atomic E-state index is 5.37.